The number of phenolic OH excluding ortho intramolecular Hbond substituents is 1. The maximum atomic E-state index is 9.56. The maximum absolute atomic E-state index is 9.56. The van der Waals surface area contributed by atoms with Gasteiger partial charge in [0, 0.05) is 11.8 Å². The lowest BCUT2D eigenvalue weighted by Gasteiger charge is -2.16. The molecule has 1 aliphatic heterocycles. The van der Waals surface area contributed by atoms with E-state index in [-0.39, 0.29) is 5.75 Å². The standard InChI is InChI=1S/C11H9N3O/c12-5-7-1-2-8(3-11(7)15)14-6-13-9-4-10(9)14/h1-3,6,9-10,15H,4H2. The minimum Gasteiger partial charge on any atom is -0.506 e. The first kappa shape index (κ1) is 8.30. The molecular formula is C11H9N3O. The first-order chi connectivity index (χ1) is 7.29. The summed E-state index contributed by atoms with van der Waals surface area (Å²) in [5.74, 6) is 0.0347. The number of rotatable bonds is 1. The summed E-state index contributed by atoms with van der Waals surface area (Å²) in [6.45, 7) is 0. The van der Waals surface area contributed by atoms with Crippen LogP contribution in [0.3, 0.4) is 0 Å². The van der Waals surface area contributed by atoms with E-state index < -0.39 is 0 Å². The van der Waals surface area contributed by atoms with Gasteiger partial charge in [-0.15, -0.1) is 0 Å². The zero-order chi connectivity index (χ0) is 10.4. The molecule has 2 unspecified atom stereocenters. The largest absolute Gasteiger partial charge is 0.506 e. The van der Waals surface area contributed by atoms with E-state index in [2.05, 4.69) is 4.99 Å². The Morgan fingerprint density at radius 3 is 2.93 bits per heavy atom. The van der Waals surface area contributed by atoms with Gasteiger partial charge in [0.05, 0.1) is 24.0 Å². The lowest BCUT2D eigenvalue weighted by atomic mass is 10.2. The van der Waals surface area contributed by atoms with Gasteiger partial charge in [-0.25, -0.2) is 0 Å². The summed E-state index contributed by atoms with van der Waals surface area (Å²) in [5.41, 5.74) is 1.21. The highest BCUT2D eigenvalue weighted by Gasteiger charge is 2.45. The van der Waals surface area contributed by atoms with Crippen LogP contribution < -0.4 is 4.90 Å². The maximum Gasteiger partial charge on any atom is 0.135 e. The molecule has 1 aromatic rings. The number of hydrogen-bond donors (Lipinski definition) is 1. The molecule has 0 saturated heterocycles. The number of anilines is 1. The highest BCUT2D eigenvalue weighted by Crippen LogP contribution is 2.39. The number of phenols is 1. The molecule has 4 heteroatoms. The van der Waals surface area contributed by atoms with Crippen molar-refractivity contribution in [1.29, 1.82) is 5.26 Å². The Labute approximate surface area is 87.1 Å². The fourth-order valence-corrected chi connectivity index (χ4v) is 1.90. The van der Waals surface area contributed by atoms with E-state index in [0.29, 0.717) is 17.6 Å². The van der Waals surface area contributed by atoms with Crippen molar-refractivity contribution >= 4 is 12.0 Å². The minimum absolute atomic E-state index is 0.0347. The summed E-state index contributed by atoms with van der Waals surface area (Å²) in [6, 6.07) is 7.94. The van der Waals surface area contributed by atoms with Crippen LogP contribution in [0.5, 0.6) is 5.75 Å². The van der Waals surface area contributed by atoms with Crippen molar-refractivity contribution < 1.29 is 5.11 Å². The quantitative estimate of drug-likeness (QED) is 0.740. The summed E-state index contributed by atoms with van der Waals surface area (Å²) in [6.07, 6.45) is 2.90. The molecule has 0 aromatic heterocycles. The van der Waals surface area contributed by atoms with Crippen molar-refractivity contribution in [3.8, 4) is 11.8 Å². The summed E-state index contributed by atoms with van der Waals surface area (Å²) in [5, 5.41) is 18.2. The fourth-order valence-electron chi connectivity index (χ4n) is 1.90. The average Bonchev–Trinajstić information content (AvgIpc) is 2.90. The molecule has 1 fully saturated rings. The van der Waals surface area contributed by atoms with Crippen molar-refractivity contribution in [3.05, 3.63) is 23.8 Å². The van der Waals surface area contributed by atoms with Crippen LogP contribution in [-0.4, -0.2) is 23.5 Å². The van der Waals surface area contributed by atoms with Crippen molar-refractivity contribution in [2.45, 2.75) is 18.5 Å². The molecule has 0 radical (unpaired) electrons. The van der Waals surface area contributed by atoms with Crippen LogP contribution in [-0.2, 0) is 0 Å². The smallest absolute Gasteiger partial charge is 0.135 e. The third-order valence-corrected chi connectivity index (χ3v) is 2.86. The van der Waals surface area contributed by atoms with Gasteiger partial charge in [-0.1, -0.05) is 0 Å². The SMILES string of the molecule is N#Cc1ccc(N2C=NC3CC32)cc1O. The predicted octanol–water partition coefficient (Wildman–Crippen LogP) is 1.25. The molecule has 2 atom stereocenters. The molecule has 1 N–H and O–H groups in total. The molecule has 2 aliphatic rings. The van der Waals surface area contributed by atoms with Gasteiger partial charge in [-0.2, -0.15) is 5.26 Å². The lowest BCUT2D eigenvalue weighted by molar-refractivity contribution is 0.473. The molecule has 1 aromatic carbocycles. The number of aromatic hydroxyl groups is 1. The van der Waals surface area contributed by atoms with E-state index in [1.165, 1.54) is 0 Å². The van der Waals surface area contributed by atoms with E-state index in [9.17, 15) is 5.11 Å². The van der Waals surface area contributed by atoms with E-state index in [1.807, 2.05) is 17.0 Å². The monoisotopic (exact) mass is 199 g/mol. The molecule has 0 spiro atoms. The number of fused-ring (bicyclic) bond motifs is 1. The van der Waals surface area contributed by atoms with Gasteiger partial charge in [-0.05, 0) is 18.6 Å². The number of benzene rings is 1. The third kappa shape index (κ3) is 1.17. The van der Waals surface area contributed by atoms with Crippen molar-refractivity contribution in [2.75, 3.05) is 4.90 Å². The van der Waals surface area contributed by atoms with Crippen molar-refractivity contribution in [2.24, 2.45) is 4.99 Å². The van der Waals surface area contributed by atoms with Gasteiger partial charge in [0.25, 0.3) is 0 Å². The van der Waals surface area contributed by atoms with Crippen LogP contribution >= 0.6 is 0 Å². The molecular weight excluding hydrogens is 190 g/mol. The number of hydrogen-bond acceptors (Lipinski definition) is 4. The Kier molecular flexibility index (Phi) is 1.51. The van der Waals surface area contributed by atoms with Crippen LogP contribution in [0, 0.1) is 11.3 Å². The fraction of sp³-hybridized carbons (Fsp3) is 0.273. The van der Waals surface area contributed by atoms with Gasteiger partial charge < -0.3 is 10.0 Å². The van der Waals surface area contributed by atoms with Crippen molar-refractivity contribution in [3.63, 3.8) is 0 Å². The van der Waals surface area contributed by atoms with E-state index in [0.717, 1.165) is 12.1 Å². The van der Waals surface area contributed by atoms with Crippen LogP contribution in [0.4, 0.5) is 5.69 Å². The molecule has 1 heterocycles. The average molecular weight is 199 g/mol. The van der Waals surface area contributed by atoms with E-state index in [1.54, 1.807) is 18.5 Å². The second-order valence-electron chi connectivity index (χ2n) is 3.86. The lowest BCUT2D eigenvalue weighted by Crippen LogP contribution is -2.21. The van der Waals surface area contributed by atoms with Crippen LogP contribution in [0.25, 0.3) is 0 Å². The normalized spacial score (nSPS) is 26.2. The summed E-state index contributed by atoms with van der Waals surface area (Å²) in [4.78, 5) is 6.34. The summed E-state index contributed by atoms with van der Waals surface area (Å²) >= 11 is 0. The third-order valence-electron chi connectivity index (χ3n) is 2.86. The minimum atomic E-state index is 0.0347. The molecule has 1 aliphatic carbocycles. The van der Waals surface area contributed by atoms with Gasteiger partial charge in [0.2, 0.25) is 0 Å². The number of nitriles is 1. The van der Waals surface area contributed by atoms with Gasteiger partial charge in [-0.3, -0.25) is 4.99 Å². The highest BCUT2D eigenvalue weighted by molar-refractivity contribution is 5.85. The second kappa shape index (κ2) is 2.74. The Balaban J connectivity index is 1.96. The molecule has 0 amide bonds. The number of aliphatic imine (C=N–C) groups is 1. The molecule has 15 heavy (non-hydrogen) atoms. The van der Waals surface area contributed by atoms with Crippen molar-refractivity contribution in [1.82, 2.24) is 0 Å². The topological polar surface area (TPSA) is 59.6 Å². The molecule has 0 bridgehead atoms. The summed E-state index contributed by atoms with van der Waals surface area (Å²) in [7, 11) is 0. The predicted molar refractivity (Wildman–Crippen MR) is 56.0 cm³/mol. The molecule has 4 nitrogen and oxygen atoms in total. The van der Waals surface area contributed by atoms with Gasteiger partial charge in [0.1, 0.15) is 11.8 Å². The zero-order valence-electron chi connectivity index (χ0n) is 7.96. The van der Waals surface area contributed by atoms with Gasteiger partial charge >= 0.3 is 0 Å². The first-order valence-electron chi connectivity index (χ1n) is 4.84. The van der Waals surface area contributed by atoms with Crippen LogP contribution in [0.15, 0.2) is 23.2 Å². The molecule has 74 valence electrons. The van der Waals surface area contributed by atoms with Crippen LogP contribution in [0.2, 0.25) is 0 Å². The zero-order valence-corrected chi connectivity index (χ0v) is 7.96. The molecule has 3 rings (SSSR count). The van der Waals surface area contributed by atoms with Gasteiger partial charge in [0.15, 0.2) is 0 Å². The summed E-state index contributed by atoms with van der Waals surface area (Å²) < 4.78 is 0. The highest BCUT2D eigenvalue weighted by atomic mass is 16.3. The first-order valence-corrected chi connectivity index (χ1v) is 4.84. The Morgan fingerprint density at radius 1 is 1.53 bits per heavy atom. The van der Waals surface area contributed by atoms with E-state index >= 15 is 0 Å². The molecule has 1 saturated carbocycles. The Bertz CT molecular complexity index is 489. The Hall–Kier alpha value is -2.02. The van der Waals surface area contributed by atoms with E-state index in [4.69, 9.17) is 5.26 Å². The number of nitrogens with zero attached hydrogens (tertiary/aromatic N) is 3. The van der Waals surface area contributed by atoms with Crippen LogP contribution in [0.1, 0.15) is 12.0 Å². The Morgan fingerprint density at radius 2 is 2.40 bits per heavy atom. The second-order valence-corrected chi connectivity index (χ2v) is 3.86.